The lowest BCUT2D eigenvalue weighted by molar-refractivity contribution is 0.434. The Balaban J connectivity index is 1.80. The molecule has 0 unspecified atom stereocenters. The monoisotopic (exact) mass is 449 g/mol. The Morgan fingerprint density at radius 3 is 2.56 bits per heavy atom. The van der Waals surface area contributed by atoms with Gasteiger partial charge in [0.2, 0.25) is 0 Å². The predicted octanol–water partition coefficient (Wildman–Crippen LogP) is 6.20. The van der Waals surface area contributed by atoms with Gasteiger partial charge in [0.15, 0.2) is 5.76 Å². The van der Waals surface area contributed by atoms with Crippen LogP contribution in [0.2, 0.25) is 5.02 Å². The van der Waals surface area contributed by atoms with E-state index in [2.05, 4.69) is 26.2 Å². The lowest BCUT2D eigenvalue weighted by Crippen LogP contribution is -1.98. The normalized spacial score (nSPS) is 11.1. The van der Waals surface area contributed by atoms with Crippen LogP contribution in [-0.2, 0) is 0 Å². The van der Waals surface area contributed by atoms with Gasteiger partial charge in [-0.1, -0.05) is 22.8 Å². The second-order valence-corrected chi connectivity index (χ2v) is 7.00. The molecule has 0 aliphatic heterocycles. The molecule has 136 valence electrons. The summed E-state index contributed by atoms with van der Waals surface area (Å²) in [6, 6.07) is 10.4. The summed E-state index contributed by atoms with van der Waals surface area (Å²) in [7, 11) is 0. The van der Waals surface area contributed by atoms with Gasteiger partial charge in [-0.05, 0) is 59.3 Å². The quantitative estimate of drug-likeness (QED) is 0.373. The van der Waals surface area contributed by atoms with Crippen molar-refractivity contribution in [3.63, 3.8) is 0 Å². The van der Waals surface area contributed by atoms with Crippen molar-refractivity contribution in [3.05, 3.63) is 75.5 Å². The van der Waals surface area contributed by atoms with Crippen LogP contribution in [0.25, 0.3) is 28.3 Å². The molecule has 0 N–H and O–H groups in total. The molecule has 4 aromatic rings. The third kappa shape index (κ3) is 3.07. The van der Waals surface area contributed by atoms with Gasteiger partial charge < -0.3 is 4.52 Å². The molecule has 0 saturated heterocycles. The maximum absolute atomic E-state index is 14.2. The average molecular weight is 451 g/mol. The molecule has 8 heteroatoms. The van der Waals surface area contributed by atoms with E-state index in [4.69, 9.17) is 16.1 Å². The van der Waals surface area contributed by atoms with E-state index in [1.54, 1.807) is 29.1 Å². The molecule has 2 aromatic heterocycles. The predicted molar refractivity (Wildman–Crippen MR) is 102 cm³/mol. The van der Waals surface area contributed by atoms with Crippen molar-refractivity contribution in [1.82, 2.24) is 14.9 Å². The van der Waals surface area contributed by atoms with E-state index in [1.807, 2.05) is 6.92 Å². The molecule has 27 heavy (non-hydrogen) atoms. The summed E-state index contributed by atoms with van der Waals surface area (Å²) in [5.74, 6) is -0.426. The standard InChI is InChI=1S/C19H11BrClF2N3O/c1-10-13(9-24-26(10)12-7-5-11(22)6-8-12)19-17(20)18(25-27-19)16-14(21)3-2-4-15(16)23/h2-9H,1H3. The van der Waals surface area contributed by atoms with E-state index in [-0.39, 0.29) is 22.1 Å². The lowest BCUT2D eigenvalue weighted by atomic mass is 10.1. The zero-order valence-electron chi connectivity index (χ0n) is 13.9. The Morgan fingerprint density at radius 2 is 1.85 bits per heavy atom. The molecular weight excluding hydrogens is 440 g/mol. The van der Waals surface area contributed by atoms with Crippen molar-refractivity contribution < 1.29 is 13.3 Å². The van der Waals surface area contributed by atoms with Crippen LogP contribution in [0.3, 0.4) is 0 Å². The molecule has 0 atom stereocenters. The first-order valence-electron chi connectivity index (χ1n) is 7.88. The Morgan fingerprint density at radius 1 is 1.11 bits per heavy atom. The number of halogens is 4. The van der Waals surface area contributed by atoms with Gasteiger partial charge in [-0.25, -0.2) is 13.5 Å². The summed E-state index contributed by atoms with van der Waals surface area (Å²) in [5.41, 5.74) is 2.54. The zero-order chi connectivity index (χ0) is 19.1. The Bertz CT molecular complexity index is 1120. The summed E-state index contributed by atoms with van der Waals surface area (Å²) in [4.78, 5) is 0. The van der Waals surface area contributed by atoms with Gasteiger partial charge in [0.1, 0.15) is 17.3 Å². The number of nitrogens with zero attached hydrogens (tertiary/aromatic N) is 3. The van der Waals surface area contributed by atoms with Crippen LogP contribution >= 0.6 is 27.5 Å². The molecule has 0 aliphatic rings. The SMILES string of the molecule is Cc1c(-c2onc(-c3c(F)cccc3Cl)c2Br)cnn1-c1ccc(F)cc1. The van der Waals surface area contributed by atoms with Crippen molar-refractivity contribution in [3.8, 4) is 28.3 Å². The molecule has 0 fully saturated rings. The zero-order valence-corrected chi connectivity index (χ0v) is 16.2. The third-order valence-electron chi connectivity index (χ3n) is 4.16. The number of rotatable bonds is 3. The fourth-order valence-corrected chi connectivity index (χ4v) is 3.61. The largest absolute Gasteiger partial charge is 0.354 e. The molecule has 4 rings (SSSR count). The van der Waals surface area contributed by atoms with Crippen molar-refractivity contribution >= 4 is 27.5 Å². The smallest absolute Gasteiger partial charge is 0.185 e. The van der Waals surface area contributed by atoms with Gasteiger partial charge in [0.05, 0.1) is 38.2 Å². The summed E-state index contributed by atoms with van der Waals surface area (Å²) >= 11 is 9.56. The molecule has 2 aromatic carbocycles. The molecule has 0 spiro atoms. The van der Waals surface area contributed by atoms with Crippen LogP contribution in [0.15, 0.2) is 57.7 Å². The minimum Gasteiger partial charge on any atom is -0.354 e. The first-order valence-corrected chi connectivity index (χ1v) is 9.05. The van der Waals surface area contributed by atoms with Crippen LogP contribution in [0, 0.1) is 18.6 Å². The first kappa shape index (κ1) is 17.9. The summed E-state index contributed by atoms with van der Waals surface area (Å²) in [5, 5.41) is 8.55. The van der Waals surface area contributed by atoms with Crippen LogP contribution in [0.4, 0.5) is 8.78 Å². The average Bonchev–Trinajstić information content (AvgIpc) is 3.19. The van der Waals surface area contributed by atoms with Gasteiger partial charge in [-0.2, -0.15) is 5.10 Å². The number of benzene rings is 2. The van der Waals surface area contributed by atoms with Gasteiger partial charge in [-0.15, -0.1) is 0 Å². The van der Waals surface area contributed by atoms with Crippen molar-refractivity contribution in [2.24, 2.45) is 0 Å². The van der Waals surface area contributed by atoms with Gasteiger partial charge in [-0.3, -0.25) is 0 Å². The van der Waals surface area contributed by atoms with Crippen molar-refractivity contribution in [1.29, 1.82) is 0 Å². The molecule has 4 nitrogen and oxygen atoms in total. The van der Waals surface area contributed by atoms with Crippen LogP contribution in [0.5, 0.6) is 0 Å². The summed E-state index contributed by atoms with van der Waals surface area (Å²) in [6.07, 6.45) is 1.61. The van der Waals surface area contributed by atoms with E-state index in [0.29, 0.717) is 21.5 Å². The van der Waals surface area contributed by atoms with E-state index in [9.17, 15) is 8.78 Å². The van der Waals surface area contributed by atoms with Gasteiger partial charge >= 0.3 is 0 Å². The minimum atomic E-state index is -0.498. The number of aromatic nitrogens is 3. The van der Waals surface area contributed by atoms with Gasteiger partial charge in [0, 0.05) is 0 Å². The molecule has 0 bridgehead atoms. The highest BCUT2D eigenvalue weighted by atomic mass is 79.9. The molecule has 2 heterocycles. The first-order chi connectivity index (χ1) is 13.0. The molecule has 0 aliphatic carbocycles. The maximum atomic E-state index is 14.2. The molecule has 0 saturated carbocycles. The fraction of sp³-hybridized carbons (Fsp3) is 0.0526. The van der Waals surface area contributed by atoms with E-state index >= 15 is 0 Å². The number of hydrogen-bond donors (Lipinski definition) is 0. The second-order valence-electron chi connectivity index (χ2n) is 5.80. The summed E-state index contributed by atoms with van der Waals surface area (Å²) in [6.45, 7) is 1.84. The van der Waals surface area contributed by atoms with Crippen LogP contribution < -0.4 is 0 Å². The van der Waals surface area contributed by atoms with Crippen LogP contribution in [-0.4, -0.2) is 14.9 Å². The van der Waals surface area contributed by atoms with Crippen LogP contribution in [0.1, 0.15) is 5.69 Å². The minimum absolute atomic E-state index is 0.157. The maximum Gasteiger partial charge on any atom is 0.185 e. The van der Waals surface area contributed by atoms with E-state index in [0.717, 1.165) is 5.69 Å². The Hall–Kier alpha value is -2.51. The molecule has 0 amide bonds. The van der Waals surface area contributed by atoms with Crippen molar-refractivity contribution in [2.75, 3.05) is 0 Å². The van der Waals surface area contributed by atoms with E-state index < -0.39 is 5.82 Å². The third-order valence-corrected chi connectivity index (χ3v) is 5.21. The highest BCUT2D eigenvalue weighted by molar-refractivity contribution is 9.10. The highest BCUT2D eigenvalue weighted by Gasteiger charge is 2.24. The second kappa shape index (κ2) is 6.90. The van der Waals surface area contributed by atoms with E-state index in [1.165, 1.54) is 24.3 Å². The van der Waals surface area contributed by atoms with Crippen molar-refractivity contribution in [2.45, 2.75) is 6.92 Å². The molecular formula is C19H11BrClF2N3O. The fourth-order valence-electron chi connectivity index (χ4n) is 2.80. The Kier molecular flexibility index (Phi) is 4.57. The Labute approximate surface area is 166 Å². The lowest BCUT2D eigenvalue weighted by Gasteiger charge is -2.05. The topological polar surface area (TPSA) is 43.9 Å². The highest BCUT2D eigenvalue weighted by Crippen LogP contribution is 2.41. The molecule has 0 radical (unpaired) electrons. The number of hydrogen-bond acceptors (Lipinski definition) is 3. The van der Waals surface area contributed by atoms with Gasteiger partial charge in [0.25, 0.3) is 0 Å². The summed E-state index contributed by atoms with van der Waals surface area (Å²) < 4.78 is 35.0.